The fraction of sp³-hybridized carbons (Fsp3) is 0.547. The summed E-state index contributed by atoms with van der Waals surface area (Å²) in [5.41, 5.74) is 4.41. The molecule has 0 saturated carbocycles. The first-order valence-corrected chi connectivity index (χ1v) is 23.0. The molecule has 4 aromatic carbocycles. The Hall–Kier alpha value is -3.48. The number of benzene rings is 4. The smallest absolute Gasteiger partial charge is 0.184 e. The lowest BCUT2D eigenvalue weighted by Crippen LogP contribution is -2.59. The highest BCUT2D eigenvalue weighted by Crippen LogP contribution is 2.41. The van der Waals surface area contributed by atoms with Crippen LogP contribution in [0.4, 0.5) is 0 Å². The van der Waals surface area contributed by atoms with Gasteiger partial charge in [-0.3, -0.25) is 0 Å². The third-order valence-electron chi connectivity index (χ3n) is 13.8. The molecule has 336 valence electrons. The van der Waals surface area contributed by atoms with Crippen molar-refractivity contribution in [2.45, 2.75) is 137 Å². The van der Waals surface area contributed by atoms with Gasteiger partial charge in [0.1, 0.15) is 18.3 Å². The minimum absolute atomic E-state index is 0.0176. The van der Waals surface area contributed by atoms with Gasteiger partial charge in [-0.25, -0.2) is 0 Å². The third kappa shape index (κ3) is 12.0. The molecule has 9 heteroatoms. The summed E-state index contributed by atoms with van der Waals surface area (Å²) >= 11 is 0. The number of ether oxygens (including phenoxy) is 9. The van der Waals surface area contributed by atoms with Gasteiger partial charge in [0.2, 0.25) is 0 Å². The Morgan fingerprint density at radius 1 is 0.371 bits per heavy atom. The first-order valence-electron chi connectivity index (χ1n) is 23.0. The molecule has 62 heavy (non-hydrogen) atoms. The van der Waals surface area contributed by atoms with Crippen molar-refractivity contribution in [3.63, 3.8) is 0 Å². The SMILES string of the molecule is CCC1O[C@H](OCC2O[C@@H](O[C@@H]3C(COCc4ccccc4)O[C@@H](OCc4ccccc4)C(C)[C@@H]3C)C(OCc3ccccc3)[C@@H](C)[C@@H]2C)C(OCc2ccccc2)[C@@H](C)[C@@H]1C. The molecule has 0 radical (unpaired) electrons. The van der Waals surface area contributed by atoms with Crippen LogP contribution in [0.25, 0.3) is 0 Å². The number of hydrogen-bond donors (Lipinski definition) is 0. The number of rotatable bonds is 19. The van der Waals surface area contributed by atoms with Gasteiger partial charge in [0.25, 0.3) is 0 Å². The van der Waals surface area contributed by atoms with Gasteiger partial charge in [0, 0.05) is 5.92 Å². The van der Waals surface area contributed by atoms with Crippen molar-refractivity contribution in [2.75, 3.05) is 13.2 Å². The van der Waals surface area contributed by atoms with E-state index < -0.39 is 25.0 Å². The van der Waals surface area contributed by atoms with Crippen molar-refractivity contribution in [1.82, 2.24) is 0 Å². The molecule has 3 fully saturated rings. The van der Waals surface area contributed by atoms with E-state index in [2.05, 4.69) is 97.0 Å². The maximum atomic E-state index is 7.24. The van der Waals surface area contributed by atoms with E-state index in [1.165, 1.54) is 0 Å². The van der Waals surface area contributed by atoms with E-state index in [1.807, 2.05) is 72.8 Å². The quantitative estimate of drug-likeness (QED) is 0.0916. The van der Waals surface area contributed by atoms with Gasteiger partial charge >= 0.3 is 0 Å². The largest absolute Gasteiger partial charge is 0.374 e. The predicted molar refractivity (Wildman–Crippen MR) is 239 cm³/mol. The average molecular weight is 851 g/mol. The molecule has 0 spiro atoms. The molecule has 0 aliphatic carbocycles. The van der Waals surface area contributed by atoms with Gasteiger partial charge in [-0.1, -0.05) is 170 Å². The summed E-state index contributed by atoms with van der Waals surface area (Å²) in [6, 6.07) is 41.0. The lowest BCUT2D eigenvalue weighted by molar-refractivity contribution is -0.350. The molecule has 15 atom stereocenters. The third-order valence-corrected chi connectivity index (χ3v) is 13.8. The van der Waals surface area contributed by atoms with Crippen molar-refractivity contribution in [2.24, 2.45) is 35.5 Å². The van der Waals surface area contributed by atoms with Crippen molar-refractivity contribution >= 4 is 0 Å². The van der Waals surface area contributed by atoms with E-state index in [4.69, 9.17) is 42.6 Å². The van der Waals surface area contributed by atoms with Crippen LogP contribution in [0.5, 0.6) is 0 Å². The second-order valence-electron chi connectivity index (χ2n) is 17.9. The molecule has 3 heterocycles. The van der Waals surface area contributed by atoms with Crippen LogP contribution in [0.3, 0.4) is 0 Å². The first kappa shape index (κ1) is 46.5. The summed E-state index contributed by atoms with van der Waals surface area (Å²) < 4.78 is 60.9. The molecule has 7 rings (SSSR count). The molecule has 6 unspecified atom stereocenters. The summed E-state index contributed by atoms with van der Waals surface area (Å²) in [7, 11) is 0. The minimum atomic E-state index is -0.708. The summed E-state index contributed by atoms with van der Waals surface area (Å²) in [5.74, 6) is 0.753. The molecule has 9 nitrogen and oxygen atoms in total. The summed E-state index contributed by atoms with van der Waals surface area (Å²) in [6.45, 7) is 18.0. The summed E-state index contributed by atoms with van der Waals surface area (Å²) in [4.78, 5) is 0. The highest BCUT2D eigenvalue weighted by atomic mass is 16.7. The minimum Gasteiger partial charge on any atom is -0.374 e. The zero-order valence-corrected chi connectivity index (χ0v) is 37.8. The molecule has 3 aliphatic rings. The van der Waals surface area contributed by atoms with Gasteiger partial charge in [0.05, 0.1) is 58.0 Å². The molecule has 0 amide bonds. The first-order chi connectivity index (χ1) is 30.2. The molecular formula is C53H70O9. The van der Waals surface area contributed by atoms with Crippen LogP contribution in [0, 0.1) is 35.5 Å². The normalized spacial score (nSPS) is 33.9. The number of hydrogen-bond acceptors (Lipinski definition) is 9. The standard InChI is InChI=1S/C53H70O9/c1-8-45-35(2)37(4)49(55-30-42-23-15-10-16-24-42)52(59-45)58-34-46-36(3)38(5)50(56-31-43-25-17-11-18-26-43)53(60-46)62-48-39(6)40(7)51(57-32-44-27-19-12-20-28-44)61-47(48)33-54-29-41-21-13-9-14-22-41/h9-28,35-40,45-53H,8,29-34H2,1-7H3/t35-,36-,37-,38-,39-,40?,45?,46?,47?,48-,49?,50?,51+,52-,53-/m0/s1. The van der Waals surface area contributed by atoms with E-state index in [-0.39, 0.29) is 60.1 Å². The zero-order valence-electron chi connectivity index (χ0n) is 37.8. The van der Waals surface area contributed by atoms with Crippen LogP contribution < -0.4 is 0 Å². The highest BCUT2D eigenvalue weighted by molar-refractivity contribution is 5.16. The van der Waals surface area contributed by atoms with Crippen molar-refractivity contribution in [1.29, 1.82) is 0 Å². The monoisotopic (exact) mass is 851 g/mol. The Labute approximate surface area is 370 Å². The van der Waals surface area contributed by atoms with Crippen LogP contribution in [-0.2, 0) is 69.1 Å². The Bertz CT molecular complexity index is 1850. The average Bonchev–Trinajstić information content (AvgIpc) is 3.30. The fourth-order valence-corrected chi connectivity index (χ4v) is 9.18. The lowest BCUT2D eigenvalue weighted by atomic mass is 9.82. The van der Waals surface area contributed by atoms with Crippen molar-refractivity contribution in [3.8, 4) is 0 Å². The predicted octanol–water partition coefficient (Wildman–Crippen LogP) is 10.4. The van der Waals surface area contributed by atoms with Crippen LogP contribution >= 0.6 is 0 Å². The van der Waals surface area contributed by atoms with E-state index >= 15 is 0 Å². The van der Waals surface area contributed by atoms with Crippen molar-refractivity contribution in [3.05, 3.63) is 144 Å². The topological polar surface area (TPSA) is 83.1 Å². The Balaban J connectivity index is 1.10. The maximum absolute atomic E-state index is 7.24. The molecule has 3 saturated heterocycles. The second kappa shape index (κ2) is 22.9. The fourth-order valence-electron chi connectivity index (χ4n) is 9.18. The second-order valence-corrected chi connectivity index (χ2v) is 17.9. The Morgan fingerprint density at radius 2 is 0.790 bits per heavy atom. The Kier molecular flexibility index (Phi) is 17.2. The van der Waals surface area contributed by atoms with Gasteiger partial charge in [-0.15, -0.1) is 0 Å². The Morgan fingerprint density at radius 3 is 1.31 bits per heavy atom. The molecule has 3 aliphatic heterocycles. The van der Waals surface area contributed by atoms with Gasteiger partial charge in [-0.2, -0.15) is 0 Å². The lowest BCUT2D eigenvalue weighted by Gasteiger charge is -2.49. The maximum Gasteiger partial charge on any atom is 0.184 e. The van der Waals surface area contributed by atoms with Crippen LogP contribution in [-0.4, -0.2) is 68.7 Å². The molecule has 0 aromatic heterocycles. The van der Waals surface area contributed by atoms with Crippen LogP contribution in [0.2, 0.25) is 0 Å². The van der Waals surface area contributed by atoms with Crippen LogP contribution in [0.1, 0.15) is 77.1 Å². The molecular weight excluding hydrogens is 781 g/mol. The molecule has 0 bridgehead atoms. The summed E-state index contributed by atoms with van der Waals surface area (Å²) in [5, 5.41) is 0. The van der Waals surface area contributed by atoms with Crippen LogP contribution in [0.15, 0.2) is 121 Å². The van der Waals surface area contributed by atoms with E-state index in [0.29, 0.717) is 45.6 Å². The van der Waals surface area contributed by atoms with Gasteiger partial charge in [0.15, 0.2) is 18.9 Å². The molecule has 0 N–H and O–H groups in total. The zero-order chi connectivity index (χ0) is 43.4. The van der Waals surface area contributed by atoms with Gasteiger partial charge in [-0.05, 0) is 58.3 Å². The summed E-state index contributed by atoms with van der Waals surface area (Å²) in [6.07, 6.45) is -2.44. The molecule has 4 aromatic rings. The highest BCUT2D eigenvalue weighted by Gasteiger charge is 2.50. The van der Waals surface area contributed by atoms with E-state index in [9.17, 15) is 0 Å². The van der Waals surface area contributed by atoms with Gasteiger partial charge < -0.3 is 42.6 Å². The van der Waals surface area contributed by atoms with E-state index in [1.54, 1.807) is 0 Å². The van der Waals surface area contributed by atoms with Crippen molar-refractivity contribution < 1.29 is 42.6 Å². The van der Waals surface area contributed by atoms with E-state index in [0.717, 1.165) is 28.7 Å².